The second kappa shape index (κ2) is 3.23. The third-order valence-electron chi connectivity index (χ3n) is 1.30. The molecule has 0 saturated heterocycles. The monoisotopic (exact) mass is 127 g/mol. The van der Waals surface area contributed by atoms with E-state index < -0.39 is 0 Å². The molecule has 9 heavy (non-hydrogen) atoms. The molecule has 0 aromatic rings. The Bertz CT molecular complexity index is 81.1. The maximum atomic E-state index is 5.58. The normalized spacial score (nSPS) is 15.2. The summed E-state index contributed by atoms with van der Waals surface area (Å²) in [5.74, 6) is 0. The summed E-state index contributed by atoms with van der Waals surface area (Å²) < 4.78 is 0. The first kappa shape index (κ1) is 8.98. The third kappa shape index (κ3) is 4.49. The van der Waals surface area contributed by atoms with E-state index in [2.05, 4.69) is 13.8 Å². The van der Waals surface area contributed by atoms with Crippen molar-refractivity contribution in [1.82, 2.24) is 0 Å². The minimum Gasteiger partial charge on any atom is -0.374 e. The van der Waals surface area contributed by atoms with Crippen LogP contribution in [0.15, 0.2) is 0 Å². The van der Waals surface area contributed by atoms with Crippen LogP contribution >= 0.6 is 0 Å². The maximum Gasteiger partial charge on any atom is 0.208 e. The minimum absolute atomic E-state index is 0.0914. The maximum absolute atomic E-state index is 5.58. The van der Waals surface area contributed by atoms with Crippen LogP contribution in [0.25, 0.3) is 0 Å². The van der Waals surface area contributed by atoms with Gasteiger partial charge < -0.3 is 11.4 Å². The Morgan fingerprint density at radius 1 is 1.56 bits per heavy atom. The van der Waals surface area contributed by atoms with E-state index in [1.165, 1.54) is 0 Å². The average molecular weight is 127 g/mol. The van der Waals surface area contributed by atoms with E-state index in [0.717, 1.165) is 6.42 Å². The van der Waals surface area contributed by atoms with Gasteiger partial charge in [0.2, 0.25) is 7.41 Å². The number of rotatable bonds is 3. The van der Waals surface area contributed by atoms with E-state index in [1.54, 1.807) is 7.41 Å². The molecule has 53 valence electrons. The third-order valence-corrected chi connectivity index (χ3v) is 1.30. The molecule has 0 spiro atoms. The quantitative estimate of drug-likeness (QED) is 0.542. The van der Waals surface area contributed by atoms with E-state index in [0.29, 0.717) is 0 Å². The summed E-state index contributed by atoms with van der Waals surface area (Å²) in [5, 5.41) is 0.0914. The largest absolute Gasteiger partial charge is 0.374 e. The second-order valence-corrected chi connectivity index (χ2v) is 3.34. The van der Waals surface area contributed by atoms with Crippen LogP contribution in [0.4, 0.5) is 0 Å². The fraction of sp³-hybridized carbons (Fsp3) is 1.00. The van der Waals surface area contributed by atoms with Crippen molar-refractivity contribution >= 4 is 7.41 Å². The highest BCUT2D eigenvalue weighted by molar-refractivity contribution is 6.35. The molecular weight excluding hydrogens is 111 g/mol. The van der Waals surface area contributed by atoms with Crippen LogP contribution in [0.2, 0.25) is 5.31 Å². The van der Waals surface area contributed by atoms with Crippen LogP contribution in [-0.4, -0.2) is 13.5 Å². The summed E-state index contributed by atoms with van der Waals surface area (Å²) in [6.07, 6.45) is 0.948. The van der Waals surface area contributed by atoms with Crippen molar-refractivity contribution in [3.63, 3.8) is 0 Å². The molecule has 0 aromatic carbocycles. The molecule has 1 radical (unpaired) electrons. The SMILES string of the molecule is CC(N)CC(C)(C)[B]N. The Labute approximate surface area is 58.3 Å². The second-order valence-electron chi connectivity index (χ2n) is 3.34. The minimum atomic E-state index is 0.0914. The zero-order valence-electron chi connectivity index (χ0n) is 6.52. The van der Waals surface area contributed by atoms with Gasteiger partial charge in [0.25, 0.3) is 0 Å². The first-order valence-electron chi connectivity index (χ1n) is 3.29. The molecular formula is C6H16BN2. The molecule has 0 amide bonds. The highest BCUT2D eigenvalue weighted by Gasteiger charge is 2.18. The van der Waals surface area contributed by atoms with E-state index in [1.807, 2.05) is 6.92 Å². The van der Waals surface area contributed by atoms with Gasteiger partial charge in [-0.05, 0) is 18.7 Å². The van der Waals surface area contributed by atoms with Gasteiger partial charge in [-0.3, -0.25) is 0 Å². The molecule has 1 unspecified atom stereocenters. The van der Waals surface area contributed by atoms with E-state index in [-0.39, 0.29) is 11.4 Å². The topological polar surface area (TPSA) is 52.0 Å². The van der Waals surface area contributed by atoms with Gasteiger partial charge in [-0.25, -0.2) is 0 Å². The van der Waals surface area contributed by atoms with Gasteiger partial charge >= 0.3 is 0 Å². The van der Waals surface area contributed by atoms with Crippen LogP contribution in [-0.2, 0) is 0 Å². The molecule has 0 heterocycles. The molecule has 4 N–H and O–H groups in total. The smallest absolute Gasteiger partial charge is 0.208 e. The number of hydrogen-bond acceptors (Lipinski definition) is 2. The van der Waals surface area contributed by atoms with E-state index in [9.17, 15) is 0 Å². The van der Waals surface area contributed by atoms with Crippen molar-refractivity contribution in [3.05, 3.63) is 0 Å². The highest BCUT2D eigenvalue weighted by Crippen LogP contribution is 2.26. The predicted octanol–water partition coefficient (Wildman–Crippen LogP) is 0.500. The summed E-state index contributed by atoms with van der Waals surface area (Å²) in [7, 11) is 1.70. The summed E-state index contributed by atoms with van der Waals surface area (Å²) >= 11 is 0. The van der Waals surface area contributed by atoms with Gasteiger partial charge in [0, 0.05) is 6.04 Å². The summed E-state index contributed by atoms with van der Waals surface area (Å²) in [6.45, 7) is 6.15. The Hall–Kier alpha value is -0.0151. The molecule has 0 saturated carbocycles. The van der Waals surface area contributed by atoms with Crippen molar-refractivity contribution < 1.29 is 0 Å². The molecule has 2 nitrogen and oxygen atoms in total. The van der Waals surface area contributed by atoms with Crippen molar-refractivity contribution in [3.8, 4) is 0 Å². The van der Waals surface area contributed by atoms with Gasteiger partial charge in [-0.15, -0.1) is 0 Å². The summed E-state index contributed by atoms with van der Waals surface area (Å²) in [6, 6.07) is 0.236. The molecule has 0 aliphatic rings. The Kier molecular flexibility index (Phi) is 3.22. The fourth-order valence-corrected chi connectivity index (χ4v) is 0.898. The van der Waals surface area contributed by atoms with Crippen LogP contribution < -0.4 is 11.4 Å². The van der Waals surface area contributed by atoms with Gasteiger partial charge in [0.15, 0.2) is 0 Å². The first-order chi connectivity index (χ1) is 3.98. The standard InChI is InChI=1S/C6H16BN2/c1-5(8)4-6(2,3)7-9/h5H,4,8-9H2,1-3H3. The van der Waals surface area contributed by atoms with E-state index >= 15 is 0 Å². The summed E-state index contributed by atoms with van der Waals surface area (Å²) in [4.78, 5) is 0. The van der Waals surface area contributed by atoms with Crippen LogP contribution in [0.3, 0.4) is 0 Å². The Morgan fingerprint density at radius 3 is 2.11 bits per heavy atom. The lowest BCUT2D eigenvalue weighted by Crippen LogP contribution is -2.28. The molecule has 0 aliphatic heterocycles. The van der Waals surface area contributed by atoms with Crippen molar-refractivity contribution in [1.29, 1.82) is 0 Å². The van der Waals surface area contributed by atoms with Gasteiger partial charge in [-0.2, -0.15) is 0 Å². The molecule has 0 rings (SSSR count). The summed E-state index contributed by atoms with van der Waals surface area (Å²) in [5.41, 5.74) is 11.0. The molecule has 0 aliphatic carbocycles. The van der Waals surface area contributed by atoms with Crippen LogP contribution in [0.5, 0.6) is 0 Å². The van der Waals surface area contributed by atoms with Crippen LogP contribution in [0.1, 0.15) is 27.2 Å². The Balaban J connectivity index is 3.58. The lowest BCUT2D eigenvalue weighted by atomic mass is 9.61. The Morgan fingerprint density at radius 2 is 2.00 bits per heavy atom. The molecule has 1 atom stereocenters. The molecule has 3 heteroatoms. The average Bonchev–Trinajstić information content (AvgIpc) is 1.63. The lowest BCUT2D eigenvalue weighted by Gasteiger charge is -2.22. The first-order valence-corrected chi connectivity index (χ1v) is 3.29. The number of hydrogen-bond donors (Lipinski definition) is 2. The zero-order chi connectivity index (χ0) is 7.49. The van der Waals surface area contributed by atoms with Gasteiger partial charge in [0.05, 0.1) is 0 Å². The molecule has 0 aromatic heterocycles. The van der Waals surface area contributed by atoms with Gasteiger partial charge in [0.1, 0.15) is 0 Å². The van der Waals surface area contributed by atoms with E-state index in [4.69, 9.17) is 11.4 Å². The van der Waals surface area contributed by atoms with Crippen molar-refractivity contribution in [2.45, 2.75) is 38.5 Å². The van der Waals surface area contributed by atoms with Crippen molar-refractivity contribution in [2.24, 2.45) is 11.4 Å². The molecule has 0 bridgehead atoms. The lowest BCUT2D eigenvalue weighted by molar-refractivity contribution is 0.533. The fourth-order valence-electron chi connectivity index (χ4n) is 0.898. The van der Waals surface area contributed by atoms with Gasteiger partial charge in [-0.1, -0.05) is 13.8 Å². The molecule has 0 fully saturated rings. The van der Waals surface area contributed by atoms with Crippen LogP contribution in [0, 0.1) is 0 Å². The highest BCUT2D eigenvalue weighted by atomic mass is 14.6. The number of nitrogens with two attached hydrogens (primary N) is 2. The predicted molar refractivity (Wildman–Crippen MR) is 42.2 cm³/mol. The zero-order valence-corrected chi connectivity index (χ0v) is 6.52. The van der Waals surface area contributed by atoms with Crippen molar-refractivity contribution in [2.75, 3.05) is 0 Å².